The van der Waals surface area contributed by atoms with E-state index in [0.717, 1.165) is 19.2 Å². The van der Waals surface area contributed by atoms with Gasteiger partial charge < -0.3 is 10.2 Å². The van der Waals surface area contributed by atoms with Gasteiger partial charge in [-0.05, 0) is 18.2 Å². The van der Waals surface area contributed by atoms with Crippen molar-refractivity contribution in [2.24, 2.45) is 0 Å². The van der Waals surface area contributed by atoms with E-state index in [1.807, 2.05) is 0 Å². The molecule has 0 radical (unpaired) electrons. The molecule has 1 fully saturated rings. The number of hydrogen-bond donors (Lipinski definition) is 1. The first-order valence-electron chi connectivity index (χ1n) is 5.02. The number of nitrogens with zero attached hydrogens (tertiary/aromatic N) is 1. The highest BCUT2D eigenvalue weighted by molar-refractivity contribution is 6.30. The van der Waals surface area contributed by atoms with E-state index in [4.69, 9.17) is 11.6 Å². The Bertz CT molecular complexity index is 420. The number of carbonyl (C=O) groups is 1. The summed E-state index contributed by atoms with van der Waals surface area (Å²) >= 11 is 5.63. The molecule has 3 nitrogen and oxygen atoms in total. The van der Waals surface area contributed by atoms with Crippen molar-refractivity contribution in [3.8, 4) is 0 Å². The topological polar surface area (TPSA) is 32.3 Å². The molecule has 1 aromatic carbocycles. The molecule has 1 amide bonds. The fraction of sp³-hybridized carbons (Fsp3) is 0.364. The normalized spacial score (nSPS) is 15.7. The fourth-order valence-corrected chi connectivity index (χ4v) is 1.72. The minimum Gasteiger partial charge on any atom is -0.336 e. The van der Waals surface area contributed by atoms with Gasteiger partial charge in [0.2, 0.25) is 0 Å². The van der Waals surface area contributed by atoms with Crippen LogP contribution in [0.2, 0.25) is 5.02 Å². The Morgan fingerprint density at radius 1 is 1.56 bits per heavy atom. The fourth-order valence-electron chi connectivity index (χ4n) is 1.57. The summed E-state index contributed by atoms with van der Waals surface area (Å²) in [6, 6.07) is 4.25. The quantitative estimate of drug-likeness (QED) is 0.853. The second kappa shape index (κ2) is 4.39. The Balaban J connectivity index is 2.19. The highest BCUT2D eigenvalue weighted by Gasteiger charge is 2.27. The molecule has 0 aliphatic carbocycles. The van der Waals surface area contributed by atoms with Crippen molar-refractivity contribution >= 4 is 17.5 Å². The Morgan fingerprint density at radius 2 is 2.25 bits per heavy atom. The highest BCUT2D eigenvalue weighted by Crippen LogP contribution is 2.17. The number of hydrogen-bond acceptors (Lipinski definition) is 2. The summed E-state index contributed by atoms with van der Waals surface area (Å²) in [5.41, 5.74) is 0.0683. The molecule has 1 heterocycles. The zero-order valence-corrected chi connectivity index (χ0v) is 9.59. The maximum Gasteiger partial charge on any atom is 0.256 e. The summed E-state index contributed by atoms with van der Waals surface area (Å²) in [6.07, 6.45) is 0. The van der Waals surface area contributed by atoms with Crippen LogP contribution >= 0.6 is 11.6 Å². The predicted octanol–water partition coefficient (Wildman–Crippen LogP) is 1.52. The van der Waals surface area contributed by atoms with Crippen LogP contribution in [0.15, 0.2) is 18.2 Å². The monoisotopic (exact) mass is 242 g/mol. The summed E-state index contributed by atoms with van der Waals surface area (Å²) in [6.45, 7) is 1.52. The summed E-state index contributed by atoms with van der Waals surface area (Å²) in [5.74, 6) is -0.878. The second-order valence-electron chi connectivity index (χ2n) is 3.85. The zero-order chi connectivity index (χ0) is 11.7. The van der Waals surface area contributed by atoms with Crippen molar-refractivity contribution in [2.45, 2.75) is 6.04 Å². The highest BCUT2D eigenvalue weighted by atomic mass is 35.5. The molecule has 5 heteroatoms. The molecule has 0 spiro atoms. The molecule has 0 saturated carbocycles. The average Bonchev–Trinajstić information content (AvgIpc) is 2.14. The lowest BCUT2D eigenvalue weighted by Crippen LogP contribution is -2.57. The lowest BCUT2D eigenvalue weighted by atomic mass is 10.1. The lowest BCUT2D eigenvalue weighted by molar-refractivity contribution is 0.0676. The van der Waals surface area contributed by atoms with E-state index in [0.29, 0.717) is 5.02 Å². The lowest BCUT2D eigenvalue weighted by Gasteiger charge is -2.35. The van der Waals surface area contributed by atoms with Gasteiger partial charge in [-0.1, -0.05) is 11.6 Å². The molecule has 1 saturated heterocycles. The van der Waals surface area contributed by atoms with Gasteiger partial charge in [0.05, 0.1) is 11.6 Å². The molecule has 0 bridgehead atoms. The Hall–Kier alpha value is -1.13. The van der Waals surface area contributed by atoms with Crippen LogP contribution in [-0.4, -0.2) is 37.0 Å². The van der Waals surface area contributed by atoms with Gasteiger partial charge in [0.1, 0.15) is 5.82 Å². The molecule has 1 aliphatic rings. The largest absolute Gasteiger partial charge is 0.336 e. The van der Waals surface area contributed by atoms with E-state index >= 15 is 0 Å². The van der Waals surface area contributed by atoms with Crippen LogP contribution in [0.3, 0.4) is 0 Å². The third-order valence-corrected chi connectivity index (χ3v) is 3.02. The third kappa shape index (κ3) is 2.03. The van der Waals surface area contributed by atoms with Crippen molar-refractivity contribution in [1.82, 2.24) is 10.2 Å². The van der Waals surface area contributed by atoms with E-state index < -0.39 is 5.82 Å². The number of rotatable bonds is 2. The zero-order valence-electron chi connectivity index (χ0n) is 8.84. The van der Waals surface area contributed by atoms with Gasteiger partial charge in [0.25, 0.3) is 5.91 Å². The first-order chi connectivity index (χ1) is 7.59. The first-order valence-corrected chi connectivity index (χ1v) is 5.40. The number of amides is 1. The molecular formula is C11H12ClFN2O. The van der Waals surface area contributed by atoms with Crippen LogP contribution in [-0.2, 0) is 0 Å². The van der Waals surface area contributed by atoms with Crippen molar-refractivity contribution in [3.63, 3.8) is 0 Å². The van der Waals surface area contributed by atoms with E-state index in [2.05, 4.69) is 5.32 Å². The maximum absolute atomic E-state index is 13.5. The van der Waals surface area contributed by atoms with Gasteiger partial charge in [-0.15, -0.1) is 0 Å². The van der Waals surface area contributed by atoms with Crippen molar-refractivity contribution in [2.75, 3.05) is 20.1 Å². The van der Waals surface area contributed by atoms with Gasteiger partial charge in [-0.3, -0.25) is 4.79 Å². The van der Waals surface area contributed by atoms with E-state index in [1.54, 1.807) is 11.9 Å². The molecule has 0 unspecified atom stereocenters. The Morgan fingerprint density at radius 3 is 2.75 bits per heavy atom. The summed E-state index contributed by atoms with van der Waals surface area (Å²) in [5, 5.41) is 3.36. The Kier molecular flexibility index (Phi) is 3.12. The van der Waals surface area contributed by atoms with E-state index in [-0.39, 0.29) is 17.5 Å². The van der Waals surface area contributed by atoms with Gasteiger partial charge in [0, 0.05) is 25.2 Å². The standard InChI is InChI=1S/C11H12ClFN2O/c1-15(8-5-14-6-8)11(16)9-3-2-7(12)4-10(9)13/h2-4,8,14H,5-6H2,1H3. The number of halogens is 2. The molecule has 1 aliphatic heterocycles. The number of benzene rings is 1. The summed E-state index contributed by atoms with van der Waals surface area (Å²) < 4.78 is 13.5. The Labute approximate surface area is 98.2 Å². The summed E-state index contributed by atoms with van der Waals surface area (Å²) in [4.78, 5) is 13.5. The van der Waals surface area contributed by atoms with E-state index in [9.17, 15) is 9.18 Å². The molecule has 1 N–H and O–H groups in total. The van der Waals surface area contributed by atoms with Crippen molar-refractivity contribution in [1.29, 1.82) is 0 Å². The molecule has 2 rings (SSSR count). The molecule has 1 aromatic rings. The number of likely N-dealkylation sites (N-methyl/N-ethyl adjacent to an activating group) is 1. The van der Waals surface area contributed by atoms with Crippen molar-refractivity contribution in [3.05, 3.63) is 34.6 Å². The van der Waals surface area contributed by atoms with Crippen LogP contribution in [0.4, 0.5) is 4.39 Å². The minimum absolute atomic E-state index is 0.0683. The van der Waals surface area contributed by atoms with Gasteiger partial charge in [-0.2, -0.15) is 0 Å². The van der Waals surface area contributed by atoms with Crippen LogP contribution in [0.5, 0.6) is 0 Å². The minimum atomic E-state index is -0.573. The molecule has 16 heavy (non-hydrogen) atoms. The van der Waals surface area contributed by atoms with Crippen molar-refractivity contribution < 1.29 is 9.18 Å². The van der Waals surface area contributed by atoms with E-state index in [1.165, 1.54) is 12.1 Å². The average molecular weight is 243 g/mol. The predicted molar refractivity (Wildman–Crippen MR) is 60.2 cm³/mol. The van der Waals surface area contributed by atoms with Crippen LogP contribution in [0, 0.1) is 5.82 Å². The van der Waals surface area contributed by atoms with Crippen LogP contribution in [0.25, 0.3) is 0 Å². The first kappa shape index (κ1) is 11.4. The molecular weight excluding hydrogens is 231 g/mol. The number of nitrogens with one attached hydrogen (secondary N) is 1. The SMILES string of the molecule is CN(C(=O)c1ccc(Cl)cc1F)C1CNC1. The smallest absolute Gasteiger partial charge is 0.256 e. The molecule has 0 atom stereocenters. The van der Waals surface area contributed by atoms with Gasteiger partial charge in [-0.25, -0.2) is 4.39 Å². The molecule has 0 aromatic heterocycles. The maximum atomic E-state index is 13.5. The van der Waals surface area contributed by atoms with Gasteiger partial charge in [0.15, 0.2) is 0 Å². The van der Waals surface area contributed by atoms with Crippen LogP contribution < -0.4 is 5.32 Å². The van der Waals surface area contributed by atoms with Crippen LogP contribution in [0.1, 0.15) is 10.4 Å². The van der Waals surface area contributed by atoms with Gasteiger partial charge >= 0.3 is 0 Å². The summed E-state index contributed by atoms with van der Waals surface area (Å²) in [7, 11) is 1.68. The number of carbonyl (C=O) groups excluding carboxylic acids is 1. The second-order valence-corrected chi connectivity index (χ2v) is 4.29. The molecule has 86 valence electrons. The third-order valence-electron chi connectivity index (χ3n) is 2.79.